The third-order valence-electron chi connectivity index (χ3n) is 6.20. The van der Waals surface area contributed by atoms with E-state index >= 15 is 0 Å². The van der Waals surface area contributed by atoms with Crippen LogP contribution in [0.25, 0.3) is 0 Å². The maximum absolute atomic E-state index is 12.3. The number of hydrogen-bond donors (Lipinski definition) is 1. The summed E-state index contributed by atoms with van der Waals surface area (Å²) in [5, 5.41) is 21.8. The van der Waals surface area contributed by atoms with Crippen molar-refractivity contribution in [1.29, 1.82) is 5.26 Å². The second kappa shape index (κ2) is 14.3. The van der Waals surface area contributed by atoms with E-state index in [4.69, 9.17) is 29.4 Å². The Morgan fingerprint density at radius 1 is 0.956 bits per heavy atom. The normalized spacial score (nSPS) is 10.4. The van der Waals surface area contributed by atoms with Crippen molar-refractivity contribution < 1.29 is 38.2 Å². The van der Waals surface area contributed by atoms with E-state index in [1.54, 1.807) is 26.8 Å². The summed E-state index contributed by atoms with van der Waals surface area (Å²) in [6, 6.07) is 18.1. The number of ether oxygens (including phenoxy) is 5. The number of nitrogens with two attached hydrogens (primary N) is 1. The average Bonchev–Trinajstić information content (AvgIpc) is 3.01. The van der Waals surface area contributed by atoms with E-state index in [1.807, 2.05) is 36.4 Å². The molecule has 0 aliphatic carbocycles. The van der Waals surface area contributed by atoms with Gasteiger partial charge in [0.25, 0.3) is 0 Å². The fraction of sp³-hybridized carbons (Fsp3) is 0.194. The van der Waals surface area contributed by atoms with E-state index in [0.717, 1.165) is 5.56 Å². The van der Waals surface area contributed by atoms with Gasteiger partial charge in [-0.05, 0) is 50.1 Å². The lowest BCUT2D eigenvalue weighted by molar-refractivity contribution is -0.387. The first-order chi connectivity index (χ1) is 21.6. The highest BCUT2D eigenvalue weighted by Gasteiger charge is 2.31. The lowest BCUT2D eigenvalue weighted by atomic mass is 10.0. The van der Waals surface area contributed by atoms with Gasteiger partial charge in [-0.1, -0.05) is 36.4 Å². The summed E-state index contributed by atoms with van der Waals surface area (Å²) in [5.41, 5.74) is 6.85. The molecule has 0 saturated carbocycles. The van der Waals surface area contributed by atoms with Crippen LogP contribution in [-0.2, 0) is 16.1 Å². The van der Waals surface area contributed by atoms with Gasteiger partial charge in [0, 0.05) is 17.2 Å². The third-order valence-corrected chi connectivity index (χ3v) is 6.20. The van der Waals surface area contributed by atoms with E-state index in [2.05, 4.69) is 9.97 Å². The van der Waals surface area contributed by atoms with Crippen molar-refractivity contribution in [3.63, 3.8) is 0 Å². The molecular weight excluding hydrogens is 586 g/mol. The largest absolute Gasteiger partial charge is 0.485 e. The summed E-state index contributed by atoms with van der Waals surface area (Å²) >= 11 is 0. The summed E-state index contributed by atoms with van der Waals surface area (Å²) in [6.07, 6.45) is 0. The number of nitrogens with zero attached hydrogens (tertiary/aromatic N) is 4. The summed E-state index contributed by atoms with van der Waals surface area (Å²) in [6.45, 7) is 4.31. The quantitative estimate of drug-likeness (QED) is 0.119. The number of nitriles is 1. The van der Waals surface area contributed by atoms with E-state index in [-0.39, 0.29) is 41.6 Å². The molecule has 0 bridgehead atoms. The maximum atomic E-state index is 12.3. The zero-order valence-electron chi connectivity index (χ0n) is 24.4. The Hall–Kier alpha value is -6.23. The Bertz CT molecular complexity index is 1790. The van der Waals surface area contributed by atoms with E-state index in [0.29, 0.717) is 11.1 Å². The van der Waals surface area contributed by atoms with Gasteiger partial charge >= 0.3 is 29.4 Å². The molecule has 0 radical (unpaired) electrons. The van der Waals surface area contributed by atoms with Crippen LogP contribution in [0.3, 0.4) is 0 Å². The van der Waals surface area contributed by atoms with Gasteiger partial charge in [-0.2, -0.15) is 15.2 Å². The number of primary amides is 1. The highest BCUT2D eigenvalue weighted by atomic mass is 16.6. The molecule has 0 fully saturated rings. The summed E-state index contributed by atoms with van der Waals surface area (Å²) in [7, 11) is 0. The van der Waals surface area contributed by atoms with Crippen LogP contribution >= 0.6 is 0 Å². The first kappa shape index (κ1) is 31.7. The first-order valence-corrected chi connectivity index (χ1v) is 13.4. The van der Waals surface area contributed by atoms with Gasteiger partial charge in [0.15, 0.2) is 18.1 Å². The number of rotatable bonds is 13. The molecule has 1 amide bonds. The minimum atomic E-state index is -0.861. The number of nitro groups is 1. The molecule has 14 nitrogen and oxygen atoms in total. The van der Waals surface area contributed by atoms with Gasteiger partial charge in [-0.25, -0.2) is 4.79 Å². The maximum Gasteiger partial charge on any atom is 0.392 e. The van der Waals surface area contributed by atoms with Crippen LogP contribution < -0.4 is 24.7 Å². The molecule has 0 unspecified atom stereocenters. The van der Waals surface area contributed by atoms with E-state index in [1.165, 1.54) is 24.3 Å². The van der Waals surface area contributed by atoms with Crippen LogP contribution in [0.1, 0.15) is 39.5 Å². The van der Waals surface area contributed by atoms with Crippen LogP contribution in [0.4, 0.5) is 5.69 Å². The molecule has 0 saturated heterocycles. The molecule has 4 rings (SSSR count). The Morgan fingerprint density at radius 3 is 2.33 bits per heavy atom. The monoisotopic (exact) mass is 613 g/mol. The van der Waals surface area contributed by atoms with Crippen molar-refractivity contribution in [3.05, 3.63) is 98.6 Å². The number of esters is 1. The number of aryl methyl sites for hydroxylation is 1. The summed E-state index contributed by atoms with van der Waals surface area (Å²) < 4.78 is 27.9. The molecule has 1 heterocycles. The molecule has 14 heteroatoms. The first-order valence-electron chi connectivity index (χ1n) is 13.4. The lowest BCUT2D eigenvalue weighted by Gasteiger charge is -2.15. The van der Waals surface area contributed by atoms with Gasteiger partial charge in [0.2, 0.25) is 5.91 Å². The molecule has 1 aromatic heterocycles. The molecule has 3 aromatic carbocycles. The molecule has 0 spiro atoms. The number of hydrogen-bond acceptors (Lipinski definition) is 12. The topological polar surface area (TPSA) is 199 Å². The molecule has 0 aliphatic rings. The van der Waals surface area contributed by atoms with Crippen LogP contribution in [0, 0.1) is 35.3 Å². The zero-order chi connectivity index (χ0) is 32.5. The molecule has 0 aliphatic heterocycles. The van der Waals surface area contributed by atoms with Crippen molar-refractivity contribution in [2.24, 2.45) is 5.73 Å². The van der Waals surface area contributed by atoms with Crippen molar-refractivity contribution in [2.45, 2.75) is 27.4 Å². The van der Waals surface area contributed by atoms with Crippen LogP contribution in [-0.4, -0.2) is 40.0 Å². The zero-order valence-corrected chi connectivity index (χ0v) is 24.4. The van der Waals surface area contributed by atoms with Crippen molar-refractivity contribution in [3.8, 4) is 41.1 Å². The van der Waals surface area contributed by atoms with Crippen molar-refractivity contribution in [2.75, 3.05) is 13.2 Å². The number of carbonyl (C=O) groups excluding carboxylic acids is 2. The molecular formula is C31H27N5O9. The minimum absolute atomic E-state index is 0.0483. The highest BCUT2D eigenvalue weighted by Crippen LogP contribution is 2.42. The van der Waals surface area contributed by atoms with E-state index in [9.17, 15) is 25.0 Å². The van der Waals surface area contributed by atoms with Crippen molar-refractivity contribution in [1.82, 2.24) is 9.97 Å². The average molecular weight is 614 g/mol. The van der Waals surface area contributed by atoms with Crippen molar-refractivity contribution >= 4 is 17.6 Å². The van der Waals surface area contributed by atoms with Crippen LogP contribution in [0.15, 0.2) is 60.7 Å². The summed E-state index contributed by atoms with van der Waals surface area (Å²) in [4.78, 5) is 43.6. The molecule has 230 valence electrons. The molecule has 4 aromatic rings. The van der Waals surface area contributed by atoms with Gasteiger partial charge in [-0.15, -0.1) is 0 Å². The van der Waals surface area contributed by atoms with E-state index < -0.39 is 46.9 Å². The number of carbonyl (C=O) groups is 2. The molecule has 0 atom stereocenters. The number of benzene rings is 3. The van der Waals surface area contributed by atoms with Crippen LogP contribution in [0.2, 0.25) is 0 Å². The second-order valence-corrected chi connectivity index (χ2v) is 9.31. The van der Waals surface area contributed by atoms with Gasteiger partial charge in [0.05, 0.1) is 23.2 Å². The molecule has 45 heavy (non-hydrogen) atoms. The fourth-order valence-corrected chi connectivity index (χ4v) is 4.13. The van der Waals surface area contributed by atoms with Crippen LogP contribution in [0.5, 0.6) is 35.0 Å². The highest BCUT2D eigenvalue weighted by molar-refractivity contribution is 5.96. The lowest BCUT2D eigenvalue weighted by Crippen LogP contribution is -2.16. The number of aromatic nitrogens is 2. The predicted octanol–water partition coefficient (Wildman–Crippen LogP) is 5.08. The molecule has 2 N–H and O–H groups in total. The standard InChI is InChI=1S/C31H27N5O9/c1-4-41-25(37)17-43-29-27(36(39)40)30(35-31(34-29)45-22-12-10-18(2)26(19(22)3)28(33)38)44-24-14-21(15-32)11-13-23(24)42-16-20-8-6-5-7-9-20/h5-14H,4,16-17H2,1-3H3,(H2,33,38). The Kier molecular flexibility index (Phi) is 10.1. The summed E-state index contributed by atoms with van der Waals surface area (Å²) in [5.74, 6) is -2.65. The van der Waals surface area contributed by atoms with Gasteiger partial charge in [0.1, 0.15) is 12.4 Å². The smallest absolute Gasteiger partial charge is 0.392 e. The number of amides is 1. The van der Waals surface area contributed by atoms with Gasteiger partial charge < -0.3 is 29.4 Å². The predicted molar refractivity (Wildman–Crippen MR) is 157 cm³/mol. The SMILES string of the molecule is CCOC(=O)COc1nc(Oc2ccc(C)c(C(N)=O)c2C)nc(Oc2cc(C#N)ccc2OCc2ccccc2)c1[N+](=O)[O-]. The fourth-order valence-electron chi connectivity index (χ4n) is 4.13. The second-order valence-electron chi connectivity index (χ2n) is 9.31. The third kappa shape index (κ3) is 7.79. The minimum Gasteiger partial charge on any atom is -0.485 e. The Balaban J connectivity index is 1.81. The Labute approximate surface area is 257 Å². The Morgan fingerprint density at radius 2 is 1.67 bits per heavy atom. The van der Waals surface area contributed by atoms with Gasteiger partial charge in [-0.3, -0.25) is 14.9 Å².